The van der Waals surface area contributed by atoms with Gasteiger partial charge in [0.25, 0.3) is 0 Å². The standard InChI is InChI=1S/C23H29N3O4S/c1-4-16-26-21-13-12-19(31(28,29)25(5-2)6-3)17-20(21)24-22(26)14-15-23(27)30-18-10-8-7-9-11-18/h7-13,17H,4-6,14-16H2,1-3H3. The number of carbonyl (C=O) groups is 1. The van der Waals surface area contributed by atoms with Crippen molar-refractivity contribution in [2.24, 2.45) is 0 Å². The van der Waals surface area contributed by atoms with Crippen LogP contribution in [-0.2, 0) is 27.8 Å². The zero-order valence-corrected chi connectivity index (χ0v) is 19.1. The average Bonchev–Trinajstić information content (AvgIpc) is 3.11. The van der Waals surface area contributed by atoms with Crippen molar-refractivity contribution < 1.29 is 17.9 Å². The Morgan fingerprint density at radius 3 is 2.42 bits per heavy atom. The van der Waals surface area contributed by atoms with E-state index in [2.05, 4.69) is 16.5 Å². The zero-order chi connectivity index (χ0) is 22.4. The monoisotopic (exact) mass is 443 g/mol. The molecule has 3 aromatic rings. The third-order valence-corrected chi connectivity index (χ3v) is 7.16. The van der Waals surface area contributed by atoms with Crippen LogP contribution in [0.3, 0.4) is 0 Å². The largest absolute Gasteiger partial charge is 0.427 e. The van der Waals surface area contributed by atoms with E-state index in [1.54, 1.807) is 30.3 Å². The quantitative estimate of drug-likeness (QED) is 0.349. The van der Waals surface area contributed by atoms with Gasteiger partial charge >= 0.3 is 5.97 Å². The molecule has 1 heterocycles. The molecule has 0 amide bonds. The molecule has 1 aromatic heterocycles. The first-order valence-electron chi connectivity index (χ1n) is 10.7. The number of benzene rings is 2. The minimum atomic E-state index is -3.56. The van der Waals surface area contributed by atoms with Crippen LogP contribution in [0.2, 0.25) is 0 Å². The van der Waals surface area contributed by atoms with Crippen LogP contribution in [-0.4, -0.2) is 41.3 Å². The second-order valence-corrected chi connectivity index (χ2v) is 9.14. The number of aryl methyl sites for hydroxylation is 2. The number of esters is 1. The van der Waals surface area contributed by atoms with Crippen LogP contribution in [0.4, 0.5) is 0 Å². The molecule has 0 aliphatic heterocycles. The molecule has 0 spiro atoms. The number of rotatable bonds is 10. The average molecular weight is 444 g/mol. The topological polar surface area (TPSA) is 81.5 Å². The van der Waals surface area contributed by atoms with Gasteiger partial charge in [-0.2, -0.15) is 4.31 Å². The van der Waals surface area contributed by atoms with E-state index in [0.717, 1.165) is 24.3 Å². The summed E-state index contributed by atoms with van der Waals surface area (Å²) in [5, 5.41) is 0. The second kappa shape index (κ2) is 10.1. The third kappa shape index (κ3) is 5.14. The Morgan fingerprint density at radius 2 is 1.77 bits per heavy atom. The molecule has 0 N–H and O–H groups in total. The molecule has 0 saturated carbocycles. The molecule has 166 valence electrons. The Labute approximate surface area is 183 Å². The van der Waals surface area contributed by atoms with Crippen LogP contribution < -0.4 is 4.74 Å². The number of aromatic nitrogens is 2. The molecule has 0 fully saturated rings. The molecule has 0 saturated heterocycles. The van der Waals surface area contributed by atoms with Crippen molar-refractivity contribution in [3.8, 4) is 5.75 Å². The maximum absolute atomic E-state index is 12.9. The van der Waals surface area contributed by atoms with Gasteiger partial charge in [0.15, 0.2) is 0 Å². The summed E-state index contributed by atoms with van der Waals surface area (Å²) in [6.07, 6.45) is 1.50. The van der Waals surface area contributed by atoms with Crippen molar-refractivity contribution in [2.75, 3.05) is 13.1 Å². The van der Waals surface area contributed by atoms with E-state index in [1.165, 1.54) is 4.31 Å². The fraction of sp³-hybridized carbons (Fsp3) is 0.391. The number of hydrogen-bond donors (Lipinski definition) is 0. The summed E-state index contributed by atoms with van der Waals surface area (Å²) >= 11 is 0. The Kier molecular flexibility index (Phi) is 7.46. The summed E-state index contributed by atoms with van der Waals surface area (Å²) in [5.41, 5.74) is 1.49. The lowest BCUT2D eigenvalue weighted by Crippen LogP contribution is -2.30. The molecule has 8 heteroatoms. The normalized spacial score (nSPS) is 11.9. The van der Waals surface area contributed by atoms with Crippen LogP contribution >= 0.6 is 0 Å². The number of para-hydroxylation sites is 1. The van der Waals surface area contributed by atoms with E-state index in [4.69, 9.17) is 4.74 Å². The molecule has 0 aliphatic carbocycles. The van der Waals surface area contributed by atoms with E-state index in [9.17, 15) is 13.2 Å². The summed E-state index contributed by atoms with van der Waals surface area (Å²) < 4.78 is 34.6. The van der Waals surface area contributed by atoms with Gasteiger partial charge in [0.2, 0.25) is 10.0 Å². The van der Waals surface area contributed by atoms with Gasteiger partial charge in [-0.25, -0.2) is 13.4 Å². The van der Waals surface area contributed by atoms with Crippen molar-refractivity contribution in [1.29, 1.82) is 0 Å². The molecule has 3 rings (SSSR count). The number of imidazole rings is 1. The van der Waals surface area contributed by atoms with Crippen LogP contribution in [0.5, 0.6) is 5.75 Å². The maximum Gasteiger partial charge on any atom is 0.311 e. The fourth-order valence-corrected chi connectivity index (χ4v) is 5.06. The van der Waals surface area contributed by atoms with Gasteiger partial charge in [0, 0.05) is 26.1 Å². The Hall–Kier alpha value is -2.71. The fourth-order valence-electron chi connectivity index (χ4n) is 3.58. The van der Waals surface area contributed by atoms with Crippen LogP contribution in [0, 0.1) is 0 Å². The van der Waals surface area contributed by atoms with Gasteiger partial charge in [-0.3, -0.25) is 4.79 Å². The second-order valence-electron chi connectivity index (χ2n) is 7.21. The van der Waals surface area contributed by atoms with E-state index in [-0.39, 0.29) is 17.3 Å². The lowest BCUT2D eigenvalue weighted by molar-refractivity contribution is -0.134. The van der Waals surface area contributed by atoms with Gasteiger partial charge in [-0.05, 0) is 36.8 Å². The minimum Gasteiger partial charge on any atom is -0.427 e. The molecule has 2 aromatic carbocycles. The van der Waals surface area contributed by atoms with Crippen LogP contribution in [0.15, 0.2) is 53.4 Å². The molecule has 31 heavy (non-hydrogen) atoms. The van der Waals surface area contributed by atoms with Gasteiger partial charge < -0.3 is 9.30 Å². The number of sulfonamides is 1. The SMILES string of the molecule is CCCn1c(CCC(=O)Oc2ccccc2)nc2cc(S(=O)(=O)N(CC)CC)ccc21. The number of nitrogens with zero attached hydrogens (tertiary/aromatic N) is 3. The van der Waals surface area contributed by atoms with Crippen molar-refractivity contribution >= 4 is 27.0 Å². The Balaban J connectivity index is 1.85. The van der Waals surface area contributed by atoms with Gasteiger partial charge in [0.1, 0.15) is 11.6 Å². The number of hydrogen-bond acceptors (Lipinski definition) is 5. The van der Waals surface area contributed by atoms with Crippen molar-refractivity contribution in [2.45, 2.75) is 51.5 Å². The van der Waals surface area contributed by atoms with Crippen molar-refractivity contribution in [3.05, 3.63) is 54.4 Å². The molecule has 0 atom stereocenters. The lowest BCUT2D eigenvalue weighted by atomic mass is 10.3. The van der Waals surface area contributed by atoms with E-state index < -0.39 is 10.0 Å². The molecule has 0 aliphatic rings. The first kappa shape index (κ1) is 23.0. The molecule has 7 nitrogen and oxygen atoms in total. The predicted octanol–water partition coefficient (Wildman–Crippen LogP) is 4.02. The van der Waals surface area contributed by atoms with Crippen molar-refractivity contribution in [1.82, 2.24) is 13.9 Å². The Morgan fingerprint density at radius 1 is 1.06 bits per heavy atom. The summed E-state index contributed by atoms with van der Waals surface area (Å²) in [6, 6.07) is 14.0. The van der Waals surface area contributed by atoms with E-state index >= 15 is 0 Å². The first-order valence-corrected chi connectivity index (χ1v) is 12.1. The van der Waals surface area contributed by atoms with Gasteiger partial charge in [0.05, 0.1) is 22.3 Å². The highest BCUT2D eigenvalue weighted by atomic mass is 32.2. The van der Waals surface area contributed by atoms with Crippen LogP contribution in [0.1, 0.15) is 39.4 Å². The van der Waals surface area contributed by atoms with Gasteiger partial charge in [-0.15, -0.1) is 0 Å². The Bertz CT molecular complexity index is 1140. The minimum absolute atomic E-state index is 0.187. The number of ether oxygens (including phenoxy) is 1. The van der Waals surface area contributed by atoms with Crippen LogP contribution in [0.25, 0.3) is 11.0 Å². The summed E-state index contributed by atoms with van der Waals surface area (Å²) in [7, 11) is -3.56. The summed E-state index contributed by atoms with van der Waals surface area (Å²) in [5.74, 6) is 0.936. The predicted molar refractivity (Wildman–Crippen MR) is 121 cm³/mol. The first-order chi connectivity index (χ1) is 14.9. The number of fused-ring (bicyclic) bond motifs is 1. The molecular weight excluding hydrogens is 414 g/mol. The molecule has 0 unspecified atom stereocenters. The third-order valence-electron chi connectivity index (χ3n) is 5.12. The summed E-state index contributed by atoms with van der Waals surface area (Å²) in [6.45, 7) is 7.27. The summed E-state index contributed by atoms with van der Waals surface area (Å²) in [4.78, 5) is 17.2. The highest BCUT2D eigenvalue weighted by Crippen LogP contribution is 2.24. The zero-order valence-electron chi connectivity index (χ0n) is 18.2. The lowest BCUT2D eigenvalue weighted by Gasteiger charge is -2.18. The van der Waals surface area contributed by atoms with E-state index in [0.29, 0.717) is 30.8 Å². The molecule has 0 radical (unpaired) electrons. The van der Waals surface area contributed by atoms with Crippen molar-refractivity contribution in [3.63, 3.8) is 0 Å². The maximum atomic E-state index is 12.9. The number of carbonyl (C=O) groups excluding carboxylic acids is 1. The smallest absolute Gasteiger partial charge is 0.311 e. The molecular formula is C23H29N3O4S. The molecule has 0 bridgehead atoms. The highest BCUT2D eigenvalue weighted by Gasteiger charge is 2.23. The van der Waals surface area contributed by atoms with E-state index in [1.807, 2.05) is 32.0 Å². The van der Waals surface area contributed by atoms with Gasteiger partial charge in [-0.1, -0.05) is 39.0 Å². The highest BCUT2D eigenvalue weighted by molar-refractivity contribution is 7.89.